The Kier molecular flexibility index (Phi) is 3.86. The van der Waals surface area contributed by atoms with Gasteiger partial charge in [0, 0.05) is 12.7 Å². The van der Waals surface area contributed by atoms with Gasteiger partial charge in [-0.3, -0.25) is 0 Å². The third-order valence-corrected chi connectivity index (χ3v) is 3.20. The van der Waals surface area contributed by atoms with E-state index in [2.05, 4.69) is 9.97 Å². The number of aliphatic hydroxyl groups is 1. The van der Waals surface area contributed by atoms with Gasteiger partial charge in [-0.15, -0.1) is 0 Å². The molecule has 1 fully saturated rings. The minimum atomic E-state index is 0.102. The summed E-state index contributed by atoms with van der Waals surface area (Å²) in [6.07, 6.45) is 4.85. The minimum absolute atomic E-state index is 0.102. The Labute approximate surface area is 106 Å². The molecule has 17 heavy (non-hydrogen) atoms. The van der Waals surface area contributed by atoms with Crippen molar-refractivity contribution >= 4 is 23.2 Å². The summed E-state index contributed by atoms with van der Waals surface area (Å²) >= 11 is 4.90. The van der Waals surface area contributed by atoms with E-state index >= 15 is 0 Å². The van der Waals surface area contributed by atoms with Gasteiger partial charge in [0.15, 0.2) is 0 Å². The van der Waals surface area contributed by atoms with Crippen molar-refractivity contribution in [3.8, 4) is 0 Å². The first-order chi connectivity index (χ1) is 8.22. The van der Waals surface area contributed by atoms with Gasteiger partial charge in [-0.2, -0.15) is 0 Å². The van der Waals surface area contributed by atoms with Crippen LogP contribution in [0.15, 0.2) is 12.3 Å². The molecule has 2 rings (SSSR count). The lowest BCUT2D eigenvalue weighted by Crippen LogP contribution is -2.43. The molecule has 0 radical (unpaired) electrons. The zero-order valence-corrected chi connectivity index (χ0v) is 10.4. The summed E-state index contributed by atoms with van der Waals surface area (Å²) in [5.74, 6) is 0.606. The summed E-state index contributed by atoms with van der Waals surface area (Å²) in [5, 5.41) is 9.35. The maximum absolute atomic E-state index is 9.35. The van der Waals surface area contributed by atoms with Crippen LogP contribution in [0.5, 0.6) is 0 Å². The van der Waals surface area contributed by atoms with E-state index in [1.807, 2.05) is 4.90 Å². The number of nitrogens with two attached hydrogens (primary N) is 1. The van der Waals surface area contributed by atoms with Crippen LogP contribution < -0.4 is 10.6 Å². The fourth-order valence-electron chi connectivity index (χ4n) is 2.08. The number of hydrogen-bond donors (Lipinski definition) is 2. The lowest BCUT2D eigenvalue weighted by atomic mass is 10.0. The molecule has 1 aliphatic rings. The molecule has 0 bridgehead atoms. The van der Waals surface area contributed by atoms with E-state index in [-0.39, 0.29) is 17.6 Å². The molecule has 1 aromatic rings. The summed E-state index contributed by atoms with van der Waals surface area (Å²) in [5.41, 5.74) is 6.13. The first-order valence-electron chi connectivity index (χ1n) is 5.72. The van der Waals surface area contributed by atoms with Crippen molar-refractivity contribution < 1.29 is 5.11 Å². The number of anilines is 1. The summed E-state index contributed by atoms with van der Waals surface area (Å²) in [4.78, 5) is 10.9. The van der Waals surface area contributed by atoms with Crippen molar-refractivity contribution in [2.24, 2.45) is 5.73 Å². The van der Waals surface area contributed by atoms with Crippen molar-refractivity contribution in [1.29, 1.82) is 0 Å². The highest BCUT2D eigenvalue weighted by atomic mass is 32.1. The summed E-state index contributed by atoms with van der Waals surface area (Å²) in [6, 6.07) is 1.80. The monoisotopic (exact) mass is 252 g/mol. The van der Waals surface area contributed by atoms with E-state index in [0.29, 0.717) is 11.6 Å². The summed E-state index contributed by atoms with van der Waals surface area (Å²) in [7, 11) is 0. The van der Waals surface area contributed by atoms with Crippen molar-refractivity contribution in [2.45, 2.75) is 25.3 Å². The van der Waals surface area contributed by atoms with E-state index < -0.39 is 0 Å². The van der Waals surface area contributed by atoms with Crippen molar-refractivity contribution in [3.05, 3.63) is 18.0 Å². The molecule has 0 amide bonds. The highest BCUT2D eigenvalue weighted by Crippen LogP contribution is 2.21. The van der Waals surface area contributed by atoms with Crippen molar-refractivity contribution in [3.63, 3.8) is 0 Å². The van der Waals surface area contributed by atoms with Gasteiger partial charge >= 0.3 is 0 Å². The van der Waals surface area contributed by atoms with Gasteiger partial charge in [-0.1, -0.05) is 12.2 Å². The molecule has 1 unspecified atom stereocenters. The smallest absolute Gasteiger partial charge is 0.226 e. The molecule has 0 aromatic carbocycles. The highest BCUT2D eigenvalue weighted by Gasteiger charge is 2.23. The molecule has 5 nitrogen and oxygen atoms in total. The fraction of sp³-hybridized carbons (Fsp3) is 0.545. The Morgan fingerprint density at radius 3 is 3.12 bits per heavy atom. The molecule has 1 aromatic heterocycles. The molecule has 3 N–H and O–H groups in total. The standard InChI is InChI=1S/C11H16N4OS/c12-10(17)9-4-5-13-11(14-9)15-6-2-1-3-8(15)7-16/h4-5,8,16H,1-3,6-7H2,(H2,12,17). The normalized spacial score (nSPS) is 20.3. The molecule has 1 saturated heterocycles. The van der Waals surface area contributed by atoms with Gasteiger partial charge in [-0.25, -0.2) is 9.97 Å². The van der Waals surface area contributed by atoms with Crippen molar-refractivity contribution in [2.75, 3.05) is 18.1 Å². The number of nitrogens with zero attached hydrogens (tertiary/aromatic N) is 3. The summed E-state index contributed by atoms with van der Waals surface area (Å²) < 4.78 is 0. The largest absolute Gasteiger partial charge is 0.394 e. The zero-order valence-electron chi connectivity index (χ0n) is 9.54. The molecular formula is C11H16N4OS. The van der Waals surface area contributed by atoms with Crippen LogP contribution in [-0.2, 0) is 0 Å². The molecule has 0 saturated carbocycles. The lowest BCUT2D eigenvalue weighted by Gasteiger charge is -2.34. The number of thiocarbonyl (C=S) groups is 1. The fourth-order valence-corrected chi connectivity index (χ4v) is 2.19. The predicted octanol–water partition coefficient (Wildman–Crippen LogP) is 0.462. The quantitative estimate of drug-likeness (QED) is 0.761. The Balaban J connectivity index is 2.25. The maximum Gasteiger partial charge on any atom is 0.226 e. The van der Waals surface area contributed by atoms with Crippen LogP contribution in [0, 0.1) is 0 Å². The van der Waals surface area contributed by atoms with E-state index in [4.69, 9.17) is 18.0 Å². The average Bonchev–Trinajstić information content (AvgIpc) is 2.39. The Morgan fingerprint density at radius 2 is 2.41 bits per heavy atom. The van der Waals surface area contributed by atoms with E-state index in [1.54, 1.807) is 12.3 Å². The van der Waals surface area contributed by atoms with Gasteiger partial charge in [0.1, 0.15) is 10.7 Å². The number of rotatable bonds is 3. The highest BCUT2D eigenvalue weighted by molar-refractivity contribution is 7.80. The van der Waals surface area contributed by atoms with Crippen LogP contribution >= 0.6 is 12.2 Å². The van der Waals surface area contributed by atoms with Crippen LogP contribution in [0.25, 0.3) is 0 Å². The predicted molar refractivity (Wildman–Crippen MR) is 70.0 cm³/mol. The topological polar surface area (TPSA) is 75.3 Å². The molecule has 0 aliphatic carbocycles. The number of hydrogen-bond acceptors (Lipinski definition) is 5. The molecule has 92 valence electrons. The second-order valence-electron chi connectivity index (χ2n) is 4.13. The third kappa shape index (κ3) is 2.70. The van der Waals surface area contributed by atoms with Gasteiger partial charge in [0.2, 0.25) is 5.95 Å². The summed E-state index contributed by atoms with van der Waals surface area (Å²) in [6.45, 7) is 0.993. The lowest BCUT2D eigenvalue weighted by molar-refractivity contribution is 0.239. The SMILES string of the molecule is NC(=S)c1ccnc(N2CCCCC2CO)n1. The van der Waals surface area contributed by atoms with E-state index in [9.17, 15) is 5.11 Å². The van der Waals surface area contributed by atoms with Crippen LogP contribution in [-0.4, -0.2) is 39.3 Å². The van der Waals surface area contributed by atoms with Gasteiger partial charge in [-0.05, 0) is 25.3 Å². The number of aliphatic hydroxyl groups excluding tert-OH is 1. The molecular weight excluding hydrogens is 236 g/mol. The van der Waals surface area contributed by atoms with Crippen LogP contribution in [0.2, 0.25) is 0 Å². The molecule has 6 heteroatoms. The second-order valence-corrected chi connectivity index (χ2v) is 4.57. The molecule has 1 atom stereocenters. The van der Waals surface area contributed by atoms with E-state index in [1.165, 1.54) is 0 Å². The first kappa shape index (κ1) is 12.2. The average molecular weight is 252 g/mol. The van der Waals surface area contributed by atoms with Gasteiger partial charge in [0.05, 0.1) is 12.6 Å². The first-order valence-corrected chi connectivity index (χ1v) is 6.13. The molecule has 2 heterocycles. The minimum Gasteiger partial charge on any atom is -0.394 e. The second kappa shape index (κ2) is 5.37. The zero-order chi connectivity index (χ0) is 12.3. The Morgan fingerprint density at radius 1 is 1.59 bits per heavy atom. The molecule has 1 aliphatic heterocycles. The third-order valence-electron chi connectivity index (χ3n) is 2.99. The number of aromatic nitrogens is 2. The van der Waals surface area contributed by atoms with Gasteiger partial charge in [0.25, 0.3) is 0 Å². The Hall–Kier alpha value is -1.27. The van der Waals surface area contributed by atoms with Crippen LogP contribution in [0.3, 0.4) is 0 Å². The number of piperidine rings is 1. The maximum atomic E-state index is 9.35. The van der Waals surface area contributed by atoms with Crippen LogP contribution in [0.4, 0.5) is 5.95 Å². The van der Waals surface area contributed by atoms with Gasteiger partial charge < -0.3 is 15.7 Å². The van der Waals surface area contributed by atoms with Crippen LogP contribution in [0.1, 0.15) is 25.0 Å². The van der Waals surface area contributed by atoms with E-state index in [0.717, 1.165) is 25.8 Å². The van der Waals surface area contributed by atoms with Crippen molar-refractivity contribution in [1.82, 2.24) is 9.97 Å². The molecule has 0 spiro atoms. The Bertz CT molecular complexity index is 412.